The van der Waals surface area contributed by atoms with Crippen LogP contribution in [0.25, 0.3) is 0 Å². The third-order valence-electron chi connectivity index (χ3n) is 3.76. The van der Waals surface area contributed by atoms with Gasteiger partial charge in [-0.2, -0.15) is 0 Å². The molecule has 1 aliphatic rings. The van der Waals surface area contributed by atoms with Crippen LogP contribution in [-0.2, 0) is 16.1 Å². The molecule has 0 saturated heterocycles. The average Bonchev–Trinajstić information content (AvgIpc) is 2.59. The van der Waals surface area contributed by atoms with E-state index < -0.39 is 11.0 Å². The van der Waals surface area contributed by atoms with Crippen LogP contribution in [0.4, 0.5) is 11.4 Å². The van der Waals surface area contributed by atoms with Gasteiger partial charge >= 0.3 is 0 Å². The molecule has 1 atom stereocenters. The predicted molar refractivity (Wildman–Crippen MR) is 87.0 cm³/mol. The van der Waals surface area contributed by atoms with Crippen molar-refractivity contribution in [1.82, 2.24) is 0 Å². The Balaban J connectivity index is 2.00. The lowest BCUT2D eigenvalue weighted by Crippen LogP contribution is -2.47. The van der Waals surface area contributed by atoms with E-state index >= 15 is 0 Å². The molecule has 0 radical (unpaired) electrons. The summed E-state index contributed by atoms with van der Waals surface area (Å²) >= 11 is 0. The lowest BCUT2D eigenvalue weighted by atomic mass is 10.1. The molecule has 0 saturated carbocycles. The summed E-state index contributed by atoms with van der Waals surface area (Å²) in [5, 5.41) is 11.0. The highest BCUT2D eigenvalue weighted by Gasteiger charge is 2.35. The molecule has 124 valence electrons. The van der Waals surface area contributed by atoms with E-state index in [0.29, 0.717) is 18.0 Å². The normalized spacial score (nSPS) is 16.5. The van der Waals surface area contributed by atoms with E-state index in [1.54, 1.807) is 4.90 Å². The molecular weight excluding hydrogens is 312 g/mol. The first-order valence-corrected chi connectivity index (χ1v) is 7.39. The number of rotatable bonds is 5. The lowest BCUT2D eigenvalue weighted by Gasteiger charge is -2.34. The van der Waals surface area contributed by atoms with E-state index in [-0.39, 0.29) is 18.2 Å². The molecular formula is C17H16N2O5. The van der Waals surface area contributed by atoms with Crippen LogP contribution in [0.5, 0.6) is 5.75 Å². The number of nitrogens with zero attached hydrogens (tertiary/aromatic N) is 2. The highest BCUT2D eigenvalue weighted by Crippen LogP contribution is 2.37. The second kappa shape index (κ2) is 6.67. The summed E-state index contributed by atoms with van der Waals surface area (Å²) in [6.07, 6.45) is -0.826. The minimum atomic E-state index is -0.826. The lowest BCUT2D eigenvalue weighted by molar-refractivity contribution is -0.384. The number of ether oxygens (including phenoxy) is 2. The van der Waals surface area contributed by atoms with Crippen LogP contribution < -0.4 is 9.64 Å². The van der Waals surface area contributed by atoms with Gasteiger partial charge in [-0.05, 0) is 11.6 Å². The highest BCUT2D eigenvalue weighted by atomic mass is 16.6. The van der Waals surface area contributed by atoms with E-state index in [9.17, 15) is 14.9 Å². The Labute approximate surface area is 138 Å². The molecule has 3 rings (SSSR count). The number of carbonyl (C=O) groups is 1. The summed E-state index contributed by atoms with van der Waals surface area (Å²) in [7, 11) is 1.47. The Morgan fingerprint density at radius 1 is 1.25 bits per heavy atom. The first-order valence-electron chi connectivity index (χ1n) is 7.39. The number of nitro groups is 1. The van der Waals surface area contributed by atoms with Crippen molar-refractivity contribution in [3.05, 3.63) is 64.2 Å². The maximum Gasteiger partial charge on any atom is 0.273 e. The van der Waals surface area contributed by atoms with Gasteiger partial charge in [0, 0.05) is 13.2 Å². The number of fused-ring (bicyclic) bond motifs is 1. The molecule has 0 spiro atoms. The first-order chi connectivity index (χ1) is 11.6. The minimum absolute atomic E-state index is 0.0756. The highest BCUT2D eigenvalue weighted by molar-refractivity contribution is 6.00. The molecule has 24 heavy (non-hydrogen) atoms. The van der Waals surface area contributed by atoms with Gasteiger partial charge in [-0.25, -0.2) is 0 Å². The molecule has 0 aliphatic carbocycles. The van der Waals surface area contributed by atoms with Crippen LogP contribution in [0.2, 0.25) is 0 Å². The van der Waals surface area contributed by atoms with Gasteiger partial charge in [-0.15, -0.1) is 0 Å². The van der Waals surface area contributed by atoms with Gasteiger partial charge in [0.1, 0.15) is 0 Å². The molecule has 0 N–H and O–H groups in total. The van der Waals surface area contributed by atoms with E-state index in [1.807, 2.05) is 30.3 Å². The monoisotopic (exact) mass is 328 g/mol. The maximum absolute atomic E-state index is 12.7. The maximum atomic E-state index is 12.7. The summed E-state index contributed by atoms with van der Waals surface area (Å²) in [5.74, 6) is 0.0730. The van der Waals surface area contributed by atoms with Crippen molar-refractivity contribution < 1.29 is 19.2 Å². The molecule has 0 aromatic heterocycles. The number of non-ortho nitro benzene ring substituents is 1. The molecule has 1 unspecified atom stereocenters. The topological polar surface area (TPSA) is 81.9 Å². The standard InChI is InChI=1S/C17H16N2O5/c1-23-11-16-17(20)18(10-12-5-3-2-4-6-12)14-8-7-13(19(21)22)9-15(14)24-16/h2-9,16H,10-11H2,1H3. The van der Waals surface area contributed by atoms with Gasteiger partial charge in [-0.3, -0.25) is 14.9 Å². The number of nitro benzene ring substituents is 1. The molecule has 0 bridgehead atoms. The molecule has 1 heterocycles. The second-order valence-electron chi connectivity index (χ2n) is 5.38. The van der Waals surface area contributed by atoms with Crippen molar-refractivity contribution in [2.45, 2.75) is 12.6 Å². The fraction of sp³-hybridized carbons (Fsp3) is 0.235. The van der Waals surface area contributed by atoms with E-state index in [2.05, 4.69) is 0 Å². The number of benzene rings is 2. The Morgan fingerprint density at radius 3 is 2.67 bits per heavy atom. The van der Waals surface area contributed by atoms with Crippen LogP contribution >= 0.6 is 0 Å². The Bertz CT molecular complexity index is 763. The quantitative estimate of drug-likeness (QED) is 0.622. The third-order valence-corrected chi connectivity index (χ3v) is 3.76. The van der Waals surface area contributed by atoms with Crippen LogP contribution in [0.15, 0.2) is 48.5 Å². The number of anilines is 1. The second-order valence-corrected chi connectivity index (χ2v) is 5.38. The van der Waals surface area contributed by atoms with Gasteiger partial charge in [-0.1, -0.05) is 30.3 Å². The molecule has 2 aromatic rings. The molecule has 1 aliphatic heterocycles. The van der Waals surface area contributed by atoms with Gasteiger partial charge in [0.05, 0.1) is 29.8 Å². The van der Waals surface area contributed by atoms with Crippen molar-refractivity contribution in [2.24, 2.45) is 0 Å². The molecule has 1 amide bonds. The fourth-order valence-corrected chi connectivity index (χ4v) is 2.62. The van der Waals surface area contributed by atoms with Gasteiger partial charge in [0.25, 0.3) is 11.6 Å². The molecule has 7 nitrogen and oxygen atoms in total. The van der Waals surface area contributed by atoms with Crippen molar-refractivity contribution in [3.8, 4) is 5.75 Å². The zero-order valence-corrected chi connectivity index (χ0v) is 13.0. The fourth-order valence-electron chi connectivity index (χ4n) is 2.62. The number of carbonyl (C=O) groups excluding carboxylic acids is 1. The minimum Gasteiger partial charge on any atom is -0.476 e. The van der Waals surface area contributed by atoms with Crippen LogP contribution in [-0.4, -0.2) is 30.7 Å². The van der Waals surface area contributed by atoms with Crippen LogP contribution in [0.1, 0.15) is 5.56 Å². The van der Waals surface area contributed by atoms with Gasteiger partial charge < -0.3 is 14.4 Å². The largest absolute Gasteiger partial charge is 0.476 e. The molecule has 0 fully saturated rings. The summed E-state index contributed by atoms with van der Waals surface area (Å²) in [5.41, 5.74) is 1.38. The Morgan fingerprint density at radius 2 is 2.00 bits per heavy atom. The third kappa shape index (κ3) is 3.07. The Kier molecular flexibility index (Phi) is 4.43. The van der Waals surface area contributed by atoms with Gasteiger partial charge in [0.15, 0.2) is 5.75 Å². The number of methoxy groups -OCH3 is 1. The van der Waals surface area contributed by atoms with Crippen molar-refractivity contribution in [1.29, 1.82) is 0 Å². The smallest absolute Gasteiger partial charge is 0.273 e. The van der Waals surface area contributed by atoms with Gasteiger partial charge in [0.2, 0.25) is 6.10 Å². The average molecular weight is 328 g/mol. The van der Waals surface area contributed by atoms with Crippen molar-refractivity contribution in [2.75, 3.05) is 18.6 Å². The molecule has 2 aromatic carbocycles. The van der Waals surface area contributed by atoms with Crippen molar-refractivity contribution >= 4 is 17.3 Å². The number of amides is 1. The summed E-state index contributed by atoms with van der Waals surface area (Å²) in [6.45, 7) is 0.431. The molecule has 7 heteroatoms. The van der Waals surface area contributed by atoms with E-state index in [4.69, 9.17) is 9.47 Å². The van der Waals surface area contributed by atoms with E-state index in [1.165, 1.54) is 25.3 Å². The summed E-state index contributed by atoms with van der Waals surface area (Å²) in [4.78, 5) is 24.7. The predicted octanol–water partition coefficient (Wildman–Crippen LogP) is 2.54. The Hall–Kier alpha value is -2.93. The number of hydrogen-bond donors (Lipinski definition) is 0. The SMILES string of the molecule is COCC1Oc2cc([N+](=O)[O-])ccc2N(Cc2ccccc2)C1=O. The summed E-state index contributed by atoms with van der Waals surface area (Å²) in [6, 6.07) is 13.8. The first kappa shape index (κ1) is 15.9. The zero-order valence-electron chi connectivity index (χ0n) is 13.0. The summed E-state index contributed by atoms with van der Waals surface area (Å²) < 4.78 is 10.7. The van der Waals surface area contributed by atoms with Crippen molar-refractivity contribution in [3.63, 3.8) is 0 Å². The van der Waals surface area contributed by atoms with E-state index in [0.717, 1.165) is 5.56 Å². The zero-order chi connectivity index (χ0) is 17.1. The van der Waals surface area contributed by atoms with Crippen LogP contribution in [0, 0.1) is 10.1 Å². The number of hydrogen-bond acceptors (Lipinski definition) is 5. The van der Waals surface area contributed by atoms with Crippen LogP contribution in [0.3, 0.4) is 0 Å².